The molecule has 0 saturated carbocycles. The van der Waals surface area contributed by atoms with Gasteiger partial charge in [0.1, 0.15) is 8.64 Å². The maximum absolute atomic E-state index is 12.3. The number of anilines is 4. The van der Waals surface area contributed by atoms with Crippen molar-refractivity contribution in [3.63, 3.8) is 0 Å². The van der Waals surface area contributed by atoms with Gasteiger partial charge in [0, 0.05) is 22.7 Å². The Bertz CT molecular complexity index is 1550. The predicted octanol–water partition coefficient (Wildman–Crippen LogP) is 8.72. The monoisotopic (exact) mass is 658 g/mol. The Hall–Kier alpha value is -3.70. The number of rotatable bonds is 9. The van der Waals surface area contributed by atoms with E-state index in [1.807, 2.05) is 100 Å². The first-order valence-corrected chi connectivity index (χ1v) is 16.7. The van der Waals surface area contributed by atoms with Crippen LogP contribution in [-0.4, -0.2) is 32.0 Å². The molecule has 44 heavy (non-hydrogen) atoms. The van der Waals surface area contributed by atoms with Crippen molar-refractivity contribution in [2.75, 3.05) is 32.8 Å². The Morgan fingerprint density at radius 2 is 0.909 bits per heavy atom. The average Bonchev–Trinajstić information content (AvgIpc) is 2.99. The maximum atomic E-state index is 12.3. The lowest BCUT2D eigenvalue weighted by Crippen LogP contribution is -2.17. The lowest BCUT2D eigenvalue weighted by molar-refractivity contribution is -0.114. The summed E-state index contributed by atoms with van der Waals surface area (Å²) in [5.74, 6) is 0.232. The molecule has 0 spiro atoms. The van der Waals surface area contributed by atoms with Crippen molar-refractivity contribution in [3.05, 3.63) is 107 Å². The quantitative estimate of drug-likeness (QED) is 0.133. The highest BCUT2D eigenvalue weighted by atomic mass is 32.2. The summed E-state index contributed by atoms with van der Waals surface area (Å²) >= 11 is 13.6. The molecule has 0 aromatic heterocycles. The topological polar surface area (TPSA) is 82.3 Å². The van der Waals surface area contributed by atoms with E-state index in [1.54, 1.807) is 0 Å². The van der Waals surface area contributed by atoms with Crippen molar-refractivity contribution >= 4 is 91.2 Å². The number of thiocarbonyl (C=S) groups is 2. The van der Waals surface area contributed by atoms with Crippen molar-refractivity contribution < 1.29 is 9.59 Å². The molecule has 0 aliphatic rings. The van der Waals surface area contributed by atoms with Crippen LogP contribution in [-0.2, 0) is 9.59 Å². The summed E-state index contributed by atoms with van der Waals surface area (Å²) in [4.78, 5) is 24.6. The van der Waals surface area contributed by atoms with E-state index in [0.29, 0.717) is 8.64 Å². The molecular weight excluding hydrogens is 625 g/mol. The Kier molecular flexibility index (Phi) is 12.0. The van der Waals surface area contributed by atoms with E-state index < -0.39 is 0 Å². The van der Waals surface area contributed by atoms with Crippen molar-refractivity contribution in [1.29, 1.82) is 0 Å². The number of amides is 2. The van der Waals surface area contributed by atoms with Crippen LogP contribution in [0.2, 0.25) is 0 Å². The van der Waals surface area contributed by atoms with E-state index >= 15 is 0 Å². The molecule has 0 aliphatic heterocycles. The smallest absolute Gasteiger partial charge is 0.234 e. The molecule has 4 N–H and O–H groups in total. The van der Waals surface area contributed by atoms with Crippen LogP contribution in [0, 0.1) is 27.7 Å². The summed E-state index contributed by atoms with van der Waals surface area (Å²) in [5.41, 5.74) is 9.83. The van der Waals surface area contributed by atoms with Gasteiger partial charge in [-0.2, -0.15) is 0 Å². The molecular formula is C34H34N4O2S4. The molecule has 10 heteroatoms. The van der Waals surface area contributed by atoms with E-state index in [1.165, 1.54) is 23.5 Å². The highest BCUT2D eigenvalue weighted by molar-refractivity contribution is 8.24. The van der Waals surface area contributed by atoms with Gasteiger partial charge in [0.15, 0.2) is 0 Å². The normalized spacial score (nSPS) is 10.5. The molecule has 4 aromatic rings. The van der Waals surface area contributed by atoms with Gasteiger partial charge in [-0.1, -0.05) is 95.5 Å². The summed E-state index contributed by atoms with van der Waals surface area (Å²) in [6, 6.07) is 27.7. The third kappa shape index (κ3) is 10.2. The number of nitrogens with one attached hydrogen (secondary N) is 4. The minimum Gasteiger partial charge on any atom is -0.341 e. The first kappa shape index (κ1) is 33.2. The minimum absolute atomic E-state index is 0.105. The van der Waals surface area contributed by atoms with Crippen LogP contribution in [0.4, 0.5) is 22.7 Å². The van der Waals surface area contributed by atoms with Gasteiger partial charge in [-0.15, -0.1) is 0 Å². The van der Waals surface area contributed by atoms with Crippen LogP contribution in [0.1, 0.15) is 22.3 Å². The minimum atomic E-state index is -0.105. The lowest BCUT2D eigenvalue weighted by Gasteiger charge is -2.14. The fraction of sp³-hybridized carbons (Fsp3) is 0.176. The number of hydrogen-bond donors (Lipinski definition) is 4. The first-order chi connectivity index (χ1) is 21.0. The highest BCUT2D eigenvalue weighted by Crippen LogP contribution is 2.29. The summed E-state index contributed by atoms with van der Waals surface area (Å²) in [7, 11) is 0. The van der Waals surface area contributed by atoms with Gasteiger partial charge in [0.05, 0.1) is 11.5 Å². The fourth-order valence-corrected chi connectivity index (χ4v) is 5.80. The molecule has 4 rings (SSSR count). The van der Waals surface area contributed by atoms with Gasteiger partial charge in [0.25, 0.3) is 0 Å². The summed E-state index contributed by atoms with van der Waals surface area (Å²) in [6.07, 6.45) is 0. The average molecular weight is 659 g/mol. The molecule has 6 nitrogen and oxygen atoms in total. The molecule has 0 heterocycles. The Morgan fingerprint density at radius 3 is 1.25 bits per heavy atom. The van der Waals surface area contributed by atoms with E-state index in [9.17, 15) is 9.59 Å². The zero-order valence-corrected chi connectivity index (χ0v) is 28.2. The van der Waals surface area contributed by atoms with Crippen LogP contribution >= 0.6 is 48.0 Å². The number of hydrogen-bond acceptors (Lipinski definition) is 6. The molecule has 4 aromatic carbocycles. The third-order valence-corrected chi connectivity index (χ3v) is 9.05. The Balaban J connectivity index is 1.26. The fourth-order valence-electron chi connectivity index (χ4n) is 4.19. The van der Waals surface area contributed by atoms with E-state index in [0.717, 1.165) is 56.1 Å². The van der Waals surface area contributed by atoms with E-state index in [4.69, 9.17) is 24.4 Å². The molecule has 0 unspecified atom stereocenters. The molecule has 0 aliphatic carbocycles. The van der Waals surface area contributed by atoms with Crippen LogP contribution in [0.5, 0.6) is 0 Å². The number of carbonyl (C=O) groups is 2. The van der Waals surface area contributed by atoms with Gasteiger partial charge in [-0.05, 0) is 98.5 Å². The highest BCUT2D eigenvalue weighted by Gasteiger charge is 2.11. The van der Waals surface area contributed by atoms with Crippen LogP contribution < -0.4 is 21.3 Å². The van der Waals surface area contributed by atoms with Gasteiger partial charge in [0.2, 0.25) is 11.8 Å². The third-order valence-electron chi connectivity index (χ3n) is 6.60. The molecule has 0 atom stereocenters. The molecule has 0 radical (unpaired) electrons. The number of aryl methyl sites for hydroxylation is 4. The SMILES string of the molecule is Cc1ccc(NC(=O)CSC(=S)Nc2ccc(-c3ccc(NC(=S)SCC(=O)Nc4ccc(C)cc4)c(C)c3)cc2C)cc1. The Labute approximate surface area is 278 Å². The van der Waals surface area contributed by atoms with Gasteiger partial charge in [-0.25, -0.2) is 0 Å². The largest absolute Gasteiger partial charge is 0.341 e. The molecule has 0 fully saturated rings. The second-order valence-corrected chi connectivity index (χ2v) is 13.6. The van der Waals surface area contributed by atoms with Gasteiger partial charge >= 0.3 is 0 Å². The molecule has 226 valence electrons. The number of thioether (sulfide) groups is 2. The van der Waals surface area contributed by atoms with Crippen molar-refractivity contribution in [2.24, 2.45) is 0 Å². The van der Waals surface area contributed by atoms with E-state index in [2.05, 4.69) is 33.4 Å². The van der Waals surface area contributed by atoms with Gasteiger partial charge in [-0.3, -0.25) is 9.59 Å². The summed E-state index contributed by atoms with van der Waals surface area (Å²) < 4.78 is 1.07. The van der Waals surface area contributed by atoms with Crippen LogP contribution in [0.25, 0.3) is 11.1 Å². The zero-order chi connectivity index (χ0) is 31.6. The predicted molar refractivity (Wildman–Crippen MR) is 198 cm³/mol. The lowest BCUT2D eigenvalue weighted by atomic mass is 10.00. The second-order valence-electron chi connectivity index (χ2n) is 10.3. The molecule has 0 saturated heterocycles. The zero-order valence-electron chi connectivity index (χ0n) is 24.9. The Morgan fingerprint density at radius 1 is 0.545 bits per heavy atom. The second kappa shape index (κ2) is 15.9. The van der Waals surface area contributed by atoms with Crippen molar-refractivity contribution in [3.8, 4) is 11.1 Å². The van der Waals surface area contributed by atoms with Gasteiger partial charge < -0.3 is 21.3 Å². The summed E-state index contributed by atoms with van der Waals surface area (Å²) in [5, 5.41) is 12.3. The van der Waals surface area contributed by atoms with Crippen molar-refractivity contribution in [1.82, 2.24) is 0 Å². The van der Waals surface area contributed by atoms with Crippen molar-refractivity contribution in [2.45, 2.75) is 27.7 Å². The standard InChI is InChI=1S/C34H34N4O2S4/c1-21-5-11-27(12-6-21)35-31(39)19-43-33(41)37-29-15-9-25(17-23(29)3)26-10-16-30(24(4)18-26)38-34(42)44-20-32(40)36-28-13-7-22(2)8-14-28/h5-18H,19-20H2,1-4H3,(H,35,39)(H,36,40)(H,37,41)(H,38,42). The maximum Gasteiger partial charge on any atom is 0.234 e. The summed E-state index contributed by atoms with van der Waals surface area (Å²) in [6.45, 7) is 8.06. The van der Waals surface area contributed by atoms with Crippen LogP contribution in [0.3, 0.4) is 0 Å². The number of carbonyl (C=O) groups excluding carboxylic acids is 2. The first-order valence-electron chi connectivity index (χ1n) is 13.9. The van der Waals surface area contributed by atoms with Crippen LogP contribution in [0.15, 0.2) is 84.9 Å². The van der Waals surface area contributed by atoms with E-state index in [-0.39, 0.29) is 23.3 Å². The molecule has 2 amide bonds. The molecule has 0 bridgehead atoms. The number of benzene rings is 4.